The third kappa shape index (κ3) is 2.63. The summed E-state index contributed by atoms with van der Waals surface area (Å²) in [6.45, 7) is 2.84. The fourth-order valence-electron chi connectivity index (χ4n) is 2.65. The van der Waals surface area contributed by atoms with Gasteiger partial charge in [-0.2, -0.15) is 0 Å². The molecule has 1 aromatic rings. The molecule has 0 unspecified atom stereocenters. The molecule has 0 saturated carbocycles. The SMILES string of the molecule is OC1=Cc2ccc(CN3CCCCC3)c(O)c2ON=C1. The van der Waals surface area contributed by atoms with Gasteiger partial charge in [0.1, 0.15) is 12.0 Å². The van der Waals surface area contributed by atoms with Crippen molar-refractivity contribution < 1.29 is 15.1 Å². The average molecular weight is 274 g/mol. The molecular weight excluding hydrogens is 256 g/mol. The number of hydrogen-bond acceptors (Lipinski definition) is 5. The molecule has 0 atom stereocenters. The van der Waals surface area contributed by atoms with E-state index in [0.29, 0.717) is 17.9 Å². The number of fused-ring (bicyclic) bond motifs is 1. The van der Waals surface area contributed by atoms with E-state index in [4.69, 9.17) is 4.84 Å². The van der Waals surface area contributed by atoms with Crippen molar-refractivity contribution in [2.75, 3.05) is 13.1 Å². The Labute approximate surface area is 117 Å². The molecule has 0 radical (unpaired) electrons. The number of hydrogen-bond donors (Lipinski definition) is 2. The maximum atomic E-state index is 10.3. The second-order valence-corrected chi connectivity index (χ2v) is 5.22. The van der Waals surface area contributed by atoms with E-state index >= 15 is 0 Å². The Bertz CT molecular complexity index is 560. The van der Waals surface area contributed by atoms with Crippen LogP contribution in [0.4, 0.5) is 0 Å². The van der Waals surface area contributed by atoms with Gasteiger partial charge in [0.05, 0.1) is 0 Å². The van der Waals surface area contributed by atoms with Crippen LogP contribution in [0.2, 0.25) is 0 Å². The number of aromatic hydroxyl groups is 1. The lowest BCUT2D eigenvalue weighted by Crippen LogP contribution is -2.29. The van der Waals surface area contributed by atoms with Crippen molar-refractivity contribution in [1.29, 1.82) is 0 Å². The van der Waals surface area contributed by atoms with Crippen molar-refractivity contribution in [3.05, 3.63) is 29.0 Å². The van der Waals surface area contributed by atoms with Crippen molar-refractivity contribution in [3.8, 4) is 11.5 Å². The largest absolute Gasteiger partial charge is 0.506 e. The normalized spacial score (nSPS) is 18.9. The summed E-state index contributed by atoms with van der Waals surface area (Å²) in [7, 11) is 0. The fraction of sp³-hybridized carbons (Fsp3) is 0.400. The molecule has 2 N–H and O–H groups in total. The topological polar surface area (TPSA) is 65.3 Å². The van der Waals surface area contributed by atoms with E-state index in [0.717, 1.165) is 18.7 Å². The van der Waals surface area contributed by atoms with Crippen LogP contribution in [0.5, 0.6) is 11.5 Å². The zero-order valence-corrected chi connectivity index (χ0v) is 11.2. The lowest BCUT2D eigenvalue weighted by molar-refractivity contribution is 0.217. The Kier molecular flexibility index (Phi) is 3.60. The molecule has 1 saturated heterocycles. The molecule has 5 nitrogen and oxygen atoms in total. The quantitative estimate of drug-likeness (QED) is 0.870. The summed E-state index contributed by atoms with van der Waals surface area (Å²) in [6, 6.07) is 3.71. The van der Waals surface area contributed by atoms with Crippen molar-refractivity contribution >= 4 is 12.3 Å². The Morgan fingerprint density at radius 3 is 2.75 bits per heavy atom. The lowest BCUT2D eigenvalue weighted by atomic mass is 10.1. The van der Waals surface area contributed by atoms with Gasteiger partial charge in [0.2, 0.25) is 5.75 Å². The molecule has 2 aliphatic heterocycles. The number of likely N-dealkylation sites (tertiary alicyclic amines) is 1. The second-order valence-electron chi connectivity index (χ2n) is 5.22. The first kappa shape index (κ1) is 13.0. The van der Waals surface area contributed by atoms with Gasteiger partial charge >= 0.3 is 0 Å². The first-order chi connectivity index (χ1) is 9.74. The van der Waals surface area contributed by atoms with Crippen molar-refractivity contribution in [3.63, 3.8) is 0 Å². The highest BCUT2D eigenvalue weighted by molar-refractivity contribution is 5.84. The van der Waals surface area contributed by atoms with Gasteiger partial charge in [-0.1, -0.05) is 23.7 Å². The number of piperidine rings is 1. The number of phenolic OH excluding ortho intramolecular Hbond substituents is 1. The monoisotopic (exact) mass is 274 g/mol. The van der Waals surface area contributed by atoms with E-state index in [1.165, 1.54) is 31.6 Å². The molecule has 1 fully saturated rings. The molecule has 3 rings (SSSR count). The highest BCUT2D eigenvalue weighted by Gasteiger charge is 2.18. The minimum Gasteiger partial charge on any atom is -0.506 e. The van der Waals surface area contributed by atoms with Crippen LogP contribution in [0.15, 0.2) is 23.0 Å². The number of aliphatic hydroxyl groups excluding tert-OH is 1. The predicted octanol–water partition coefficient (Wildman–Crippen LogP) is 2.66. The van der Waals surface area contributed by atoms with E-state index in [9.17, 15) is 10.2 Å². The Hall–Kier alpha value is -2.01. The van der Waals surface area contributed by atoms with Crippen LogP contribution in [-0.2, 0) is 6.54 Å². The van der Waals surface area contributed by atoms with Crippen LogP contribution in [0.1, 0.15) is 30.4 Å². The molecular formula is C15H18N2O3. The smallest absolute Gasteiger partial charge is 0.207 e. The standard InChI is InChI=1S/C15H18N2O3/c18-13-8-11-4-5-12(10-17-6-2-1-3-7-17)14(19)15(11)20-16-9-13/h4-5,8-9,18-19H,1-3,6-7,10H2. The zero-order chi connectivity index (χ0) is 13.9. The fourth-order valence-corrected chi connectivity index (χ4v) is 2.65. The predicted molar refractivity (Wildman–Crippen MR) is 77.0 cm³/mol. The van der Waals surface area contributed by atoms with E-state index < -0.39 is 0 Å². The molecule has 2 aliphatic rings. The summed E-state index contributed by atoms with van der Waals surface area (Å²) in [6.07, 6.45) is 6.45. The van der Waals surface area contributed by atoms with Gasteiger partial charge in [0, 0.05) is 17.7 Å². The molecule has 20 heavy (non-hydrogen) atoms. The highest BCUT2D eigenvalue weighted by Crippen LogP contribution is 2.37. The maximum absolute atomic E-state index is 10.3. The number of nitrogens with zero attached hydrogens (tertiary/aromatic N) is 2. The molecule has 0 spiro atoms. The van der Waals surface area contributed by atoms with Gasteiger partial charge < -0.3 is 15.1 Å². The molecule has 5 heteroatoms. The number of benzene rings is 1. The number of rotatable bonds is 2. The molecule has 1 aromatic carbocycles. The summed E-state index contributed by atoms with van der Waals surface area (Å²) in [5, 5.41) is 23.5. The van der Waals surface area contributed by atoms with Crippen LogP contribution in [0.25, 0.3) is 6.08 Å². The molecule has 0 aromatic heterocycles. The summed E-state index contributed by atoms with van der Waals surface area (Å²) in [5.74, 6) is 0.419. The summed E-state index contributed by atoms with van der Waals surface area (Å²) in [5.41, 5.74) is 1.45. The molecule has 0 aliphatic carbocycles. The van der Waals surface area contributed by atoms with Crippen LogP contribution in [0.3, 0.4) is 0 Å². The van der Waals surface area contributed by atoms with E-state index in [-0.39, 0.29) is 11.5 Å². The Morgan fingerprint density at radius 2 is 1.95 bits per heavy atom. The zero-order valence-electron chi connectivity index (χ0n) is 11.2. The number of allylic oxidation sites excluding steroid dienone is 1. The third-order valence-corrected chi connectivity index (χ3v) is 3.72. The van der Waals surface area contributed by atoms with Gasteiger partial charge in [-0.3, -0.25) is 4.90 Å². The molecule has 0 amide bonds. The molecule has 106 valence electrons. The van der Waals surface area contributed by atoms with Gasteiger partial charge in [-0.25, -0.2) is 0 Å². The highest BCUT2D eigenvalue weighted by atomic mass is 16.6. The van der Waals surface area contributed by atoms with Gasteiger partial charge in [-0.05, 0) is 32.0 Å². The Morgan fingerprint density at radius 1 is 1.15 bits per heavy atom. The van der Waals surface area contributed by atoms with Crippen molar-refractivity contribution in [2.24, 2.45) is 5.16 Å². The summed E-state index contributed by atoms with van der Waals surface area (Å²) < 4.78 is 0. The average Bonchev–Trinajstić information content (AvgIpc) is 2.65. The van der Waals surface area contributed by atoms with Gasteiger partial charge in [-0.15, -0.1) is 0 Å². The van der Waals surface area contributed by atoms with Crippen molar-refractivity contribution in [1.82, 2.24) is 4.90 Å². The van der Waals surface area contributed by atoms with Crippen LogP contribution < -0.4 is 4.84 Å². The first-order valence-electron chi connectivity index (χ1n) is 6.92. The second kappa shape index (κ2) is 5.54. The maximum Gasteiger partial charge on any atom is 0.207 e. The number of oxime groups is 1. The number of aliphatic hydroxyl groups is 1. The third-order valence-electron chi connectivity index (χ3n) is 3.72. The van der Waals surface area contributed by atoms with Crippen LogP contribution in [0, 0.1) is 0 Å². The van der Waals surface area contributed by atoms with E-state index in [1.807, 2.05) is 12.1 Å². The van der Waals surface area contributed by atoms with Crippen molar-refractivity contribution in [2.45, 2.75) is 25.8 Å². The minimum absolute atomic E-state index is 0.00642. The molecule has 2 heterocycles. The Balaban J connectivity index is 1.87. The molecule has 0 bridgehead atoms. The van der Waals surface area contributed by atoms with Gasteiger partial charge in [0.25, 0.3) is 0 Å². The van der Waals surface area contributed by atoms with Crippen LogP contribution >= 0.6 is 0 Å². The minimum atomic E-state index is 0.00642. The van der Waals surface area contributed by atoms with Crippen LogP contribution in [-0.4, -0.2) is 34.4 Å². The van der Waals surface area contributed by atoms with Gasteiger partial charge in [0.15, 0.2) is 5.75 Å². The summed E-state index contributed by atoms with van der Waals surface area (Å²) >= 11 is 0. The number of phenols is 1. The van der Waals surface area contributed by atoms with E-state index in [2.05, 4.69) is 10.1 Å². The summed E-state index contributed by atoms with van der Waals surface area (Å²) in [4.78, 5) is 7.50. The first-order valence-corrected chi connectivity index (χ1v) is 6.92. The van der Waals surface area contributed by atoms with E-state index in [1.54, 1.807) is 0 Å². The lowest BCUT2D eigenvalue weighted by Gasteiger charge is -2.26.